The zero-order valence-corrected chi connectivity index (χ0v) is 8.38. The Morgan fingerprint density at radius 3 is 2.77 bits per heavy atom. The highest BCUT2D eigenvalue weighted by atomic mass is 79.9. The first kappa shape index (κ1) is 10.2. The van der Waals surface area contributed by atoms with E-state index in [0.29, 0.717) is 5.56 Å². The van der Waals surface area contributed by atoms with E-state index in [9.17, 15) is 9.18 Å². The minimum Gasteiger partial charge on any atom is -0.460 e. The minimum absolute atomic E-state index is 0.0168. The van der Waals surface area contributed by atoms with Gasteiger partial charge in [-0.3, -0.25) is 4.79 Å². The summed E-state index contributed by atoms with van der Waals surface area (Å²) in [4.78, 5) is 10.7. The number of carbonyl (C=O) groups excluding carboxylic acids is 1. The molecule has 0 heterocycles. The van der Waals surface area contributed by atoms with Crippen LogP contribution in [0.5, 0.6) is 0 Å². The summed E-state index contributed by atoms with van der Waals surface area (Å²) >= 11 is 2.94. The van der Waals surface area contributed by atoms with Crippen molar-refractivity contribution >= 4 is 21.9 Å². The van der Waals surface area contributed by atoms with E-state index >= 15 is 0 Å². The quantitative estimate of drug-likeness (QED) is 0.605. The third-order valence-corrected chi connectivity index (χ3v) is 1.91. The first-order valence-electron chi connectivity index (χ1n) is 3.69. The van der Waals surface area contributed by atoms with Gasteiger partial charge in [-0.25, -0.2) is 4.39 Å². The van der Waals surface area contributed by atoms with E-state index < -0.39 is 5.97 Å². The number of alkyl halides is 1. The van der Waals surface area contributed by atoms with Crippen molar-refractivity contribution in [1.29, 1.82) is 0 Å². The summed E-state index contributed by atoms with van der Waals surface area (Å²) < 4.78 is 17.7. The Morgan fingerprint density at radius 2 is 2.15 bits per heavy atom. The molecule has 0 aliphatic carbocycles. The predicted octanol–water partition coefficient (Wildman–Crippen LogP) is 2.26. The van der Waals surface area contributed by atoms with Crippen molar-refractivity contribution < 1.29 is 13.9 Å². The minimum atomic E-state index is -0.400. The lowest BCUT2D eigenvalue weighted by Crippen LogP contribution is -2.06. The normalized spacial score (nSPS) is 9.69. The summed E-state index contributed by atoms with van der Waals surface area (Å²) in [5.74, 6) is -0.756. The molecular weight excluding hydrogens is 239 g/mol. The molecule has 0 amide bonds. The third-order valence-electron chi connectivity index (χ3n) is 1.46. The Morgan fingerprint density at radius 1 is 1.46 bits per heavy atom. The maximum absolute atomic E-state index is 12.9. The number of hydrogen-bond donors (Lipinski definition) is 0. The van der Waals surface area contributed by atoms with Crippen LogP contribution in [0.4, 0.5) is 4.39 Å². The zero-order chi connectivity index (χ0) is 9.68. The van der Waals surface area contributed by atoms with Gasteiger partial charge < -0.3 is 4.74 Å². The predicted molar refractivity (Wildman–Crippen MR) is 50.0 cm³/mol. The monoisotopic (exact) mass is 246 g/mol. The highest BCUT2D eigenvalue weighted by Gasteiger charge is 2.03. The number of esters is 1. The van der Waals surface area contributed by atoms with Crippen LogP contribution in [0.25, 0.3) is 0 Å². The second kappa shape index (κ2) is 4.97. The van der Waals surface area contributed by atoms with E-state index in [2.05, 4.69) is 15.9 Å². The van der Waals surface area contributed by atoms with Gasteiger partial charge in [0.25, 0.3) is 0 Å². The van der Waals surface area contributed by atoms with Gasteiger partial charge in [0.1, 0.15) is 17.8 Å². The standard InChI is InChI=1S/C9H8BrFO2/c10-5-9(12)13-6-7-3-1-2-4-8(7)11/h1-4H,5-6H2. The summed E-state index contributed by atoms with van der Waals surface area (Å²) in [7, 11) is 0. The van der Waals surface area contributed by atoms with Crippen LogP contribution < -0.4 is 0 Å². The Kier molecular flexibility index (Phi) is 3.89. The molecule has 0 saturated carbocycles. The van der Waals surface area contributed by atoms with Gasteiger partial charge in [-0.1, -0.05) is 34.1 Å². The van der Waals surface area contributed by atoms with Crippen molar-refractivity contribution in [3.8, 4) is 0 Å². The molecular formula is C9H8BrFO2. The number of halogens is 2. The zero-order valence-electron chi connectivity index (χ0n) is 6.80. The molecule has 0 spiro atoms. The molecule has 1 rings (SSSR count). The molecule has 0 aliphatic rings. The van der Waals surface area contributed by atoms with Crippen molar-refractivity contribution in [1.82, 2.24) is 0 Å². The van der Waals surface area contributed by atoms with Crippen LogP contribution >= 0.6 is 15.9 Å². The van der Waals surface area contributed by atoms with Gasteiger partial charge in [-0.15, -0.1) is 0 Å². The van der Waals surface area contributed by atoms with Crippen molar-refractivity contribution in [2.75, 3.05) is 5.33 Å². The molecule has 0 N–H and O–H groups in total. The smallest absolute Gasteiger partial charge is 0.316 e. The molecule has 2 nitrogen and oxygen atoms in total. The molecule has 1 aromatic carbocycles. The van der Waals surface area contributed by atoms with Gasteiger partial charge in [0.2, 0.25) is 0 Å². The van der Waals surface area contributed by atoms with E-state index in [1.807, 2.05) is 0 Å². The summed E-state index contributed by atoms with van der Waals surface area (Å²) in [5.41, 5.74) is 0.386. The lowest BCUT2D eigenvalue weighted by atomic mass is 10.2. The van der Waals surface area contributed by atoms with Crippen LogP contribution in [0, 0.1) is 5.82 Å². The van der Waals surface area contributed by atoms with Gasteiger partial charge >= 0.3 is 5.97 Å². The first-order chi connectivity index (χ1) is 6.24. The lowest BCUT2D eigenvalue weighted by Gasteiger charge is -2.03. The van der Waals surface area contributed by atoms with Gasteiger partial charge in [0.05, 0.1) is 0 Å². The number of benzene rings is 1. The first-order valence-corrected chi connectivity index (χ1v) is 4.81. The Labute approximate surface area is 83.8 Å². The number of ether oxygens (including phenoxy) is 1. The molecule has 0 aromatic heterocycles. The number of rotatable bonds is 3. The summed E-state index contributed by atoms with van der Waals surface area (Å²) in [6.45, 7) is -0.0168. The number of hydrogen-bond acceptors (Lipinski definition) is 2. The van der Waals surface area contributed by atoms with E-state index in [1.165, 1.54) is 6.07 Å². The van der Waals surface area contributed by atoms with Crippen LogP contribution in [0.15, 0.2) is 24.3 Å². The fourth-order valence-electron chi connectivity index (χ4n) is 0.812. The van der Waals surface area contributed by atoms with E-state index in [-0.39, 0.29) is 17.8 Å². The second-order valence-corrected chi connectivity index (χ2v) is 2.95. The Bertz CT molecular complexity index is 301. The lowest BCUT2D eigenvalue weighted by molar-refractivity contribution is -0.141. The summed E-state index contributed by atoms with van der Waals surface area (Å²) in [6, 6.07) is 6.19. The maximum Gasteiger partial charge on any atom is 0.316 e. The fraction of sp³-hybridized carbons (Fsp3) is 0.222. The average molecular weight is 247 g/mol. The van der Waals surface area contributed by atoms with Gasteiger partial charge in [0.15, 0.2) is 0 Å². The van der Waals surface area contributed by atoms with Gasteiger partial charge in [0, 0.05) is 5.56 Å². The molecule has 13 heavy (non-hydrogen) atoms. The molecule has 1 aromatic rings. The van der Waals surface area contributed by atoms with Crippen molar-refractivity contribution in [2.45, 2.75) is 6.61 Å². The highest BCUT2D eigenvalue weighted by Crippen LogP contribution is 2.07. The molecule has 0 aliphatic heterocycles. The molecule has 0 bridgehead atoms. The fourth-order valence-corrected chi connectivity index (χ4v) is 0.974. The van der Waals surface area contributed by atoms with Crippen LogP contribution in [0.3, 0.4) is 0 Å². The summed E-state index contributed by atoms with van der Waals surface area (Å²) in [5, 5.41) is 0.126. The van der Waals surface area contributed by atoms with E-state index in [1.54, 1.807) is 18.2 Å². The maximum atomic E-state index is 12.9. The Balaban J connectivity index is 2.54. The average Bonchev–Trinajstić information content (AvgIpc) is 2.16. The molecule has 4 heteroatoms. The van der Waals surface area contributed by atoms with Crippen molar-refractivity contribution in [3.63, 3.8) is 0 Å². The van der Waals surface area contributed by atoms with Crippen LogP contribution in [0.2, 0.25) is 0 Å². The van der Waals surface area contributed by atoms with Crippen LogP contribution in [-0.4, -0.2) is 11.3 Å². The molecule has 0 fully saturated rings. The summed E-state index contributed by atoms with van der Waals surface area (Å²) in [6.07, 6.45) is 0. The molecule has 0 saturated heterocycles. The molecule has 70 valence electrons. The van der Waals surface area contributed by atoms with E-state index in [0.717, 1.165) is 0 Å². The van der Waals surface area contributed by atoms with Crippen LogP contribution in [-0.2, 0) is 16.1 Å². The molecule has 0 atom stereocenters. The SMILES string of the molecule is O=C(CBr)OCc1ccccc1F. The molecule has 0 radical (unpaired) electrons. The third kappa shape index (κ3) is 3.14. The van der Waals surface area contributed by atoms with Gasteiger partial charge in [-0.2, -0.15) is 0 Å². The highest BCUT2D eigenvalue weighted by molar-refractivity contribution is 9.09. The Hall–Kier alpha value is -0.900. The topological polar surface area (TPSA) is 26.3 Å². The van der Waals surface area contributed by atoms with E-state index in [4.69, 9.17) is 4.74 Å². The second-order valence-electron chi connectivity index (χ2n) is 2.39. The van der Waals surface area contributed by atoms with Crippen LogP contribution in [0.1, 0.15) is 5.56 Å². The number of carbonyl (C=O) groups is 1. The van der Waals surface area contributed by atoms with Crippen molar-refractivity contribution in [2.24, 2.45) is 0 Å². The van der Waals surface area contributed by atoms with Gasteiger partial charge in [-0.05, 0) is 6.07 Å². The van der Waals surface area contributed by atoms with Crippen molar-refractivity contribution in [3.05, 3.63) is 35.6 Å². The molecule has 0 unspecified atom stereocenters. The largest absolute Gasteiger partial charge is 0.460 e.